The molecule has 0 aromatic carbocycles. The number of likely N-dealkylation sites (tertiary alicyclic amines) is 1. The number of rotatable bonds is 5. The Labute approximate surface area is 116 Å². The van der Waals surface area contributed by atoms with Crippen molar-refractivity contribution in [3.63, 3.8) is 0 Å². The number of hydrogen-bond acceptors (Lipinski definition) is 5. The summed E-state index contributed by atoms with van der Waals surface area (Å²) in [6.07, 6.45) is 4.46. The highest BCUT2D eigenvalue weighted by molar-refractivity contribution is 5.93. The van der Waals surface area contributed by atoms with Gasteiger partial charge in [-0.2, -0.15) is 10.2 Å². The number of hydrogen-bond donors (Lipinski definition) is 1. The van der Waals surface area contributed by atoms with Crippen molar-refractivity contribution in [1.82, 2.24) is 15.1 Å². The number of aliphatic carboxylic acids is 1. The first-order valence-electron chi connectivity index (χ1n) is 6.56. The number of ether oxygens (including phenoxy) is 1. The predicted molar refractivity (Wildman–Crippen MR) is 69.2 cm³/mol. The summed E-state index contributed by atoms with van der Waals surface area (Å²) in [4.78, 5) is 24.3. The number of carboxylic acid groups (broad SMARTS) is 1. The Bertz CT molecular complexity index is 458. The third-order valence-corrected chi connectivity index (χ3v) is 3.23. The van der Waals surface area contributed by atoms with Gasteiger partial charge in [0.2, 0.25) is 0 Å². The molecule has 20 heavy (non-hydrogen) atoms. The topological polar surface area (TPSA) is 92.6 Å². The normalized spacial score (nSPS) is 16.1. The van der Waals surface area contributed by atoms with Crippen LogP contribution in [0.5, 0.6) is 0 Å². The number of carbonyl (C=O) groups excluding carboxylic acids is 1. The van der Waals surface area contributed by atoms with Gasteiger partial charge in [-0.05, 0) is 18.9 Å². The van der Waals surface area contributed by atoms with Crippen LogP contribution in [0.3, 0.4) is 0 Å². The molecule has 108 valence electrons. The fourth-order valence-corrected chi connectivity index (χ4v) is 2.14. The smallest absolute Gasteiger partial charge is 0.305 e. The maximum Gasteiger partial charge on any atom is 0.305 e. The van der Waals surface area contributed by atoms with Gasteiger partial charge < -0.3 is 14.7 Å². The van der Waals surface area contributed by atoms with Crippen LogP contribution in [0, 0.1) is 0 Å². The summed E-state index contributed by atoms with van der Waals surface area (Å²) >= 11 is 0. The molecule has 7 nitrogen and oxygen atoms in total. The predicted octanol–water partition coefficient (Wildman–Crippen LogP) is 0.572. The molecule has 0 spiro atoms. The van der Waals surface area contributed by atoms with Crippen LogP contribution in [0.1, 0.15) is 29.6 Å². The summed E-state index contributed by atoms with van der Waals surface area (Å²) in [6, 6.07) is 1.64. The van der Waals surface area contributed by atoms with Gasteiger partial charge in [0.05, 0.1) is 37.1 Å². The minimum Gasteiger partial charge on any atom is -0.481 e. The van der Waals surface area contributed by atoms with Crippen molar-refractivity contribution in [3.05, 3.63) is 24.0 Å². The van der Waals surface area contributed by atoms with Crippen LogP contribution in [0.25, 0.3) is 0 Å². The van der Waals surface area contributed by atoms with Gasteiger partial charge in [-0.25, -0.2) is 0 Å². The Morgan fingerprint density at radius 1 is 1.35 bits per heavy atom. The molecule has 7 heteroatoms. The summed E-state index contributed by atoms with van der Waals surface area (Å²) in [6.45, 7) is 1.44. The van der Waals surface area contributed by atoms with Crippen LogP contribution < -0.4 is 0 Å². The monoisotopic (exact) mass is 279 g/mol. The van der Waals surface area contributed by atoms with Gasteiger partial charge in [-0.15, -0.1) is 0 Å². The molecule has 0 unspecified atom stereocenters. The second-order valence-electron chi connectivity index (χ2n) is 4.64. The zero-order chi connectivity index (χ0) is 14.4. The van der Waals surface area contributed by atoms with Crippen LogP contribution >= 0.6 is 0 Å². The summed E-state index contributed by atoms with van der Waals surface area (Å²) in [5.41, 5.74) is 0.533. The minimum absolute atomic E-state index is 0.0157. The van der Waals surface area contributed by atoms with Gasteiger partial charge in [0.1, 0.15) is 0 Å². The molecule has 0 radical (unpaired) electrons. The molecule has 1 N–H and O–H groups in total. The standard InChI is InChI=1S/C13H17N3O4/c17-12(18)4-8-20-11-2-6-16(7-3-11)13(19)10-1-5-14-15-9-10/h1,5,9,11H,2-4,6-8H2,(H,17,18). The Kier molecular flexibility index (Phi) is 5.00. The maximum absolute atomic E-state index is 12.1. The number of piperidine rings is 1. The average Bonchev–Trinajstić information content (AvgIpc) is 2.48. The second-order valence-corrected chi connectivity index (χ2v) is 4.64. The van der Waals surface area contributed by atoms with Crippen LogP contribution in [-0.2, 0) is 9.53 Å². The van der Waals surface area contributed by atoms with Crippen molar-refractivity contribution in [2.45, 2.75) is 25.4 Å². The molecule has 2 heterocycles. The highest BCUT2D eigenvalue weighted by atomic mass is 16.5. The summed E-state index contributed by atoms with van der Waals surface area (Å²) in [5.74, 6) is -0.910. The molecule has 1 aromatic heterocycles. The lowest BCUT2D eigenvalue weighted by molar-refractivity contribution is -0.138. The van der Waals surface area contributed by atoms with Gasteiger partial charge in [0.25, 0.3) is 5.91 Å². The van der Waals surface area contributed by atoms with E-state index in [9.17, 15) is 9.59 Å². The second kappa shape index (κ2) is 6.95. The first-order valence-corrected chi connectivity index (χ1v) is 6.56. The number of amides is 1. The van der Waals surface area contributed by atoms with E-state index in [-0.39, 0.29) is 25.0 Å². The molecular weight excluding hydrogens is 262 g/mol. The van der Waals surface area contributed by atoms with Crippen molar-refractivity contribution in [2.75, 3.05) is 19.7 Å². The Hall–Kier alpha value is -2.02. The average molecular weight is 279 g/mol. The van der Waals surface area contributed by atoms with Crippen molar-refractivity contribution in [1.29, 1.82) is 0 Å². The highest BCUT2D eigenvalue weighted by Crippen LogP contribution is 2.16. The Morgan fingerprint density at radius 3 is 2.70 bits per heavy atom. The molecule has 0 atom stereocenters. The quantitative estimate of drug-likeness (QED) is 0.847. The number of aromatic nitrogens is 2. The molecule has 0 saturated carbocycles. The van der Waals surface area contributed by atoms with E-state index in [4.69, 9.17) is 9.84 Å². The zero-order valence-corrected chi connectivity index (χ0v) is 11.1. The fourth-order valence-electron chi connectivity index (χ4n) is 2.14. The lowest BCUT2D eigenvalue weighted by atomic mass is 10.1. The third-order valence-electron chi connectivity index (χ3n) is 3.23. The van der Waals surface area contributed by atoms with Gasteiger partial charge in [0.15, 0.2) is 0 Å². The van der Waals surface area contributed by atoms with E-state index in [1.165, 1.54) is 12.4 Å². The lowest BCUT2D eigenvalue weighted by Crippen LogP contribution is -2.41. The highest BCUT2D eigenvalue weighted by Gasteiger charge is 2.24. The maximum atomic E-state index is 12.1. The van der Waals surface area contributed by atoms with Gasteiger partial charge in [-0.1, -0.05) is 0 Å². The van der Waals surface area contributed by atoms with Crippen molar-refractivity contribution in [3.8, 4) is 0 Å². The molecule has 1 amide bonds. The molecule has 0 bridgehead atoms. The summed E-state index contributed by atoms with van der Waals surface area (Å²) in [7, 11) is 0. The van der Waals surface area contributed by atoms with Crippen molar-refractivity contribution < 1.29 is 19.4 Å². The van der Waals surface area contributed by atoms with E-state index >= 15 is 0 Å². The Morgan fingerprint density at radius 2 is 2.10 bits per heavy atom. The molecule has 1 aliphatic heterocycles. The van der Waals surface area contributed by atoms with Crippen molar-refractivity contribution in [2.24, 2.45) is 0 Å². The first kappa shape index (κ1) is 14.4. The number of carboxylic acids is 1. The fraction of sp³-hybridized carbons (Fsp3) is 0.538. The lowest BCUT2D eigenvalue weighted by Gasteiger charge is -2.31. The largest absolute Gasteiger partial charge is 0.481 e. The van der Waals surface area contributed by atoms with Crippen LogP contribution in [0.4, 0.5) is 0 Å². The SMILES string of the molecule is O=C(O)CCOC1CCN(C(=O)c2ccnnc2)CC1. The van der Waals surface area contributed by atoms with Gasteiger partial charge in [0, 0.05) is 13.1 Å². The molecule has 1 fully saturated rings. The van der Waals surface area contributed by atoms with Crippen LogP contribution in [0.15, 0.2) is 18.5 Å². The Balaban J connectivity index is 1.77. The van der Waals surface area contributed by atoms with E-state index in [0.29, 0.717) is 18.7 Å². The van der Waals surface area contributed by atoms with Crippen LogP contribution in [0.2, 0.25) is 0 Å². The van der Waals surface area contributed by atoms with Crippen molar-refractivity contribution >= 4 is 11.9 Å². The summed E-state index contributed by atoms with van der Waals surface area (Å²) in [5, 5.41) is 15.9. The van der Waals surface area contributed by atoms with E-state index in [1.54, 1.807) is 11.0 Å². The van der Waals surface area contributed by atoms with E-state index in [1.807, 2.05) is 0 Å². The molecule has 2 rings (SSSR count). The third kappa shape index (κ3) is 3.99. The van der Waals surface area contributed by atoms with E-state index in [0.717, 1.165) is 12.8 Å². The number of nitrogens with zero attached hydrogens (tertiary/aromatic N) is 3. The summed E-state index contributed by atoms with van der Waals surface area (Å²) < 4.78 is 5.49. The number of carbonyl (C=O) groups is 2. The molecule has 1 saturated heterocycles. The zero-order valence-electron chi connectivity index (χ0n) is 11.1. The molecule has 1 aliphatic rings. The van der Waals surface area contributed by atoms with Gasteiger partial charge >= 0.3 is 5.97 Å². The minimum atomic E-state index is -0.859. The van der Waals surface area contributed by atoms with E-state index < -0.39 is 5.97 Å². The molecule has 1 aromatic rings. The van der Waals surface area contributed by atoms with E-state index in [2.05, 4.69) is 10.2 Å². The van der Waals surface area contributed by atoms with Gasteiger partial charge in [-0.3, -0.25) is 9.59 Å². The first-order chi connectivity index (χ1) is 9.66. The van der Waals surface area contributed by atoms with Crippen LogP contribution in [-0.4, -0.2) is 57.9 Å². The molecular formula is C13H17N3O4. The molecule has 0 aliphatic carbocycles.